The highest BCUT2D eigenvalue weighted by Crippen LogP contribution is 2.35. The summed E-state index contributed by atoms with van der Waals surface area (Å²) in [5, 5.41) is 0. The summed E-state index contributed by atoms with van der Waals surface area (Å²) in [6, 6.07) is 15.9. The third kappa shape index (κ3) is 1.82. The number of alkyl halides is 1. The summed E-state index contributed by atoms with van der Waals surface area (Å²) in [6.07, 6.45) is 0. The van der Waals surface area contributed by atoms with Gasteiger partial charge >= 0.3 is 0 Å². The molecule has 0 saturated heterocycles. The molecule has 0 atom stereocenters. The number of hydrogen-bond acceptors (Lipinski definition) is 1. The molecule has 0 fully saturated rings. The zero-order valence-corrected chi connectivity index (χ0v) is 8.44. The molecule has 0 heterocycles. The first kappa shape index (κ1) is 10.8. The number of benzene rings is 2. The van der Waals surface area contributed by atoms with Gasteiger partial charge in [-0.1, -0.05) is 60.7 Å². The molecule has 2 rings (SSSR count). The van der Waals surface area contributed by atoms with E-state index in [-0.39, 0.29) is 11.1 Å². The zero-order valence-electron chi connectivity index (χ0n) is 8.44. The molecule has 0 aliphatic carbocycles. The molecule has 0 aliphatic heterocycles. The lowest BCUT2D eigenvalue weighted by atomic mass is 9.99. The van der Waals surface area contributed by atoms with Crippen LogP contribution in [0.4, 0.5) is 8.92 Å². The predicted molar refractivity (Wildman–Crippen MR) is 57.0 cm³/mol. The second-order valence-electron chi connectivity index (χ2n) is 3.40. The smallest absolute Gasteiger partial charge is 0.198 e. The third-order valence-electron chi connectivity index (χ3n) is 2.40. The molecule has 2 aromatic carbocycles. The normalized spacial score (nSPS) is 11.4. The molecule has 1 nitrogen and oxygen atoms in total. The van der Waals surface area contributed by atoms with Crippen molar-refractivity contribution in [2.45, 2.75) is 5.85 Å². The van der Waals surface area contributed by atoms with E-state index in [0.717, 1.165) is 0 Å². The Labute approximate surface area is 92.2 Å². The Bertz CT molecular complexity index is 403. The van der Waals surface area contributed by atoms with E-state index in [1.54, 1.807) is 36.4 Å². The first-order chi connectivity index (χ1) is 7.77. The highest BCUT2D eigenvalue weighted by atomic mass is 19.3. The van der Waals surface area contributed by atoms with Gasteiger partial charge in [-0.05, 0) is 4.53 Å². The Balaban J connectivity index is 2.49. The van der Waals surface area contributed by atoms with Gasteiger partial charge < -0.3 is 0 Å². The molecule has 0 radical (unpaired) electrons. The van der Waals surface area contributed by atoms with Gasteiger partial charge in [0.2, 0.25) is 0 Å². The maximum atomic E-state index is 14.4. The van der Waals surface area contributed by atoms with Crippen LogP contribution in [-0.4, -0.2) is 0 Å². The maximum absolute atomic E-state index is 14.4. The molecule has 16 heavy (non-hydrogen) atoms. The number of halogens is 2. The topological polar surface area (TPSA) is 9.23 Å². The zero-order chi connectivity index (χ0) is 11.4. The van der Waals surface area contributed by atoms with Crippen molar-refractivity contribution < 1.29 is 13.9 Å². The van der Waals surface area contributed by atoms with E-state index in [1.807, 2.05) is 0 Å². The van der Waals surface area contributed by atoms with Crippen molar-refractivity contribution in [2.75, 3.05) is 0 Å². The first-order valence-corrected chi connectivity index (χ1v) is 4.87. The average Bonchev–Trinajstić information content (AvgIpc) is 2.40. The van der Waals surface area contributed by atoms with Gasteiger partial charge in [-0.25, -0.2) is 0 Å². The van der Waals surface area contributed by atoms with E-state index >= 15 is 0 Å². The van der Waals surface area contributed by atoms with Gasteiger partial charge in [0.15, 0.2) is 0 Å². The first-order valence-electron chi connectivity index (χ1n) is 4.87. The minimum absolute atomic E-state index is 0.128. The van der Waals surface area contributed by atoms with E-state index in [0.29, 0.717) is 0 Å². The summed E-state index contributed by atoms with van der Waals surface area (Å²) in [6.45, 7) is 0. The average molecular weight is 220 g/mol. The molecule has 0 aliphatic rings. The Kier molecular flexibility index (Phi) is 2.97. The summed E-state index contributed by atoms with van der Waals surface area (Å²) in [5.74, 6) is -2.54. The fraction of sp³-hybridized carbons (Fsp3) is 0.0769. The van der Waals surface area contributed by atoms with E-state index in [4.69, 9.17) is 0 Å². The lowest BCUT2D eigenvalue weighted by Gasteiger charge is -2.20. The summed E-state index contributed by atoms with van der Waals surface area (Å²) in [4.78, 5) is 3.54. The van der Waals surface area contributed by atoms with Crippen molar-refractivity contribution in [2.24, 2.45) is 0 Å². The van der Waals surface area contributed by atoms with E-state index in [9.17, 15) is 8.92 Å². The largest absolute Gasteiger partial charge is 0.296 e. The molecule has 82 valence electrons. The van der Waals surface area contributed by atoms with Crippen LogP contribution in [0.15, 0.2) is 60.7 Å². The highest BCUT2D eigenvalue weighted by molar-refractivity contribution is 5.33. The van der Waals surface area contributed by atoms with Crippen molar-refractivity contribution >= 4 is 0 Å². The summed E-state index contributed by atoms with van der Waals surface area (Å²) in [7, 11) is 0. The van der Waals surface area contributed by atoms with Gasteiger partial charge in [0, 0.05) is 11.1 Å². The summed E-state index contributed by atoms with van der Waals surface area (Å²) in [5.41, 5.74) is 0.257. The summed E-state index contributed by atoms with van der Waals surface area (Å²) < 4.78 is 26.9. The molecule has 0 unspecified atom stereocenters. The summed E-state index contributed by atoms with van der Waals surface area (Å²) >= 11 is 0. The molecule has 0 amide bonds. The van der Waals surface area contributed by atoms with Crippen molar-refractivity contribution in [1.82, 2.24) is 0 Å². The molecule has 0 aromatic heterocycles. The minimum Gasteiger partial charge on any atom is -0.198 e. The molecule has 0 N–H and O–H groups in total. The molecule has 0 saturated carbocycles. The lowest BCUT2D eigenvalue weighted by molar-refractivity contribution is -0.280. The van der Waals surface area contributed by atoms with Crippen molar-refractivity contribution in [3.05, 3.63) is 71.8 Å². The van der Waals surface area contributed by atoms with Crippen LogP contribution in [0.2, 0.25) is 0 Å². The Morgan fingerprint density at radius 1 is 0.750 bits per heavy atom. The SMILES string of the molecule is FOC(F)(c1ccccc1)c1ccccc1. The van der Waals surface area contributed by atoms with Gasteiger partial charge in [-0.2, -0.15) is 4.39 Å². The fourth-order valence-electron chi connectivity index (χ4n) is 1.56. The van der Waals surface area contributed by atoms with Crippen LogP contribution in [0.5, 0.6) is 0 Å². The molecule has 3 heteroatoms. The number of hydrogen-bond donors (Lipinski definition) is 0. The standard InChI is InChI=1S/C13H10F2O/c14-13(16-15,11-7-3-1-4-8-11)12-9-5-2-6-10-12/h1-10H. The molecule has 2 aromatic rings. The Morgan fingerprint density at radius 2 is 1.12 bits per heavy atom. The second-order valence-corrected chi connectivity index (χ2v) is 3.40. The van der Waals surface area contributed by atoms with Crippen molar-refractivity contribution in [3.8, 4) is 0 Å². The lowest BCUT2D eigenvalue weighted by Crippen LogP contribution is -2.22. The van der Waals surface area contributed by atoms with Gasteiger partial charge in [0.1, 0.15) is 0 Å². The van der Waals surface area contributed by atoms with Crippen LogP contribution < -0.4 is 0 Å². The highest BCUT2D eigenvalue weighted by Gasteiger charge is 2.36. The van der Waals surface area contributed by atoms with Gasteiger partial charge in [0.25, 0.3) is 5.85 Å². The van der Waals surface area contributed by atoms with Gasteiger partial charge in [0.05, 0.1) is 0 Å². The van der Waals surface area contributed by atoms with E-state index in [2.05, 4.69) is 4.94 Å². The molecular weight excluding hydrogens is 210 g/mol. The van der Waals surface area contributed by atoms with E-state index < -0.39 is 5.85 Å². The number of rotatable bonds is 3. The van der Waals surface area contributed by atoms with Crippen LogP contribution in [-0.2, 0) is 10.8 Å². The predicted octanol–water partition coefficient (Wildman–Crippen LogP) is 3.76. The Morgan fingerprint density at radius 3 is 1.44 bits per heavy atom. The van der Waals surface area contributed by atoms with Crippen molar-refractivity contribution in [3.63, 3.8) is 0 Å². The van der Waals surface area contributed by atoms with Crippen molar-refractivity contribution in [1.29, 1.82) is 0 Å². The maximum Gasteiger partial charge on any atom is 0.296 e. The van der Waals surface area contributed by atoms with Gasteiger partial charge in [-0.15, -0.1) is 4.94 Å². The molecule has 0 spiro atoms. The van der Waals surface area contributed by atoms with Crippen LogP contribution in [0.25, 0.3) is 0 Å². The second kappa shape index (κ2) is 4.41. The van der Waals surface area contributed by atoms with Crippen LogP contribution in [0.1, 0.15) is 11.1 Å². The molecule has 0 bridgehead atoms. The van der Waals surface area contributed by atoms with E-state index in [1.165, 1.54) is 24.3 Å². The monoisotopic (exact) mass is 220 g/mol. The fourth-order valence-corrected chi connectivity index (χ4v) is 1.56. The molecular formula is C13H10F2O. The Hall–Kier alpha value is -1.74. The van der Waals surface area contributed by atoms with Crippen LogP contribution in [0.3, 0.4) is 0 Å². The quantitative estimate of drug-likeness (QED) is 0.765. The van der Waals surface area contributed by atoms with Gasteiger partial charge in [-0.3, -0.25) is 0 Å². The van der Waals surface area contributed by atoms with Crippen LogP contribution >= 0.6 is 0 Å². The third-order valence-corrected chi connectivity index (χ3v) is 2.40. The van der Waals surface area contributed by atoms with Crippen LogP contribution in [0, 0.1) is 0 Å². The minimum atomic E-state index is -2.54.